The minimum absolute atomic E-state index is 0.183. The summed E-state index contributed by atoms with van der Waals surface area (Å²) < 4.78 is 90.8. The van der Waals surface area contributed by atoms with E-state index >= 15 is 0 Å². The van der Waals surface area contributed by atoms with Gasteiger partial charge in [0.15, 0.2) is 6.61 Å². The van der Waals surface area contributed by atoms with E-state index in [4.69, 9.17) is 14.6 Å². The van der Waals surface area contributed by atoms with E-state index in [0.29, 0.717) is 25.7 Å². The summed E-state index contributed by atoms with van der Waals surface area (Å²) in [6.45, 7) is 7.07. The zero-order valence-electron chi connectivity index (χ0n) is 19.6. The van der Waals surface area contributed by atoms with Gasteiger partial charge in [0.1, 0.15) is 11.7 Å². The van der Waals surface area contributed by atoms with Crippen molar-refractivity contribution in [1.29, 1.82) is 0 Å². The minimum Gasteiger partial charge on any atom is -0.462 e. The van der Waals surface area contributed by atoms with Crippen molar-refractivity contribution < 1.29 is 60.0 Å². The first-order valence-electron chi connectivity index (χ1n) is 10.5. The Morgan fingerprint density at radius 1 is 0.824 bits per heavy atom. The van der Waals surface area contributed by atoms with Crippen molar-refractivity contribution in [2.75, 3.05) is 6.61 Å². The van der Waals surface area contributed by atoms with Crippen LogP contribution in [0.15, 0.2) is 0 Å². The molecule has 0 aromatic carbocycles. The van der Waals surface area contributed by atoms with Crippen LogP contribution in [0.25, 0.3) is 0 Å². The second-order valence-electron chi connectivity index (χ2n) is 9.90. The lowest BCUT2D eigenvalue weighted by atomic mass is 9.77. The van der Waals surface area contributed by atoms with Gasteiger partial charge in [-0.2, -0.15) is 26.3 Å². The molecule has 1 aliphatic carbocycles. The van der Waals surface area contributed by atoms with Crippen LogP contribution in [0.4, 0.5) is 26.3 Å². The predicted octanol–water partition coefficient (Wildman–Crippen LogP) is 4.25. The molecular weight excluding hydrogens is 478 g/mol. The van der Waals surface area contributed by atoms with Crippen LogP contribution in [-0.4, -0.2) is 59.3 Å². The quantitative estimate of drug-likeness (QED) is 0.312. The number of aliphatic hydroxyl groups is 1. The Labute approximate surface area is 193 Å². The fourth-order valence-electron chi connectivity index (χ4n) is 3.37. The molecule has 0 aromatic heterocycles. The summed E-state index contributed by atoms with van der Waals surface area (Å²) >= 11 is 0. The first-order chi connectivity index (χ1) is 15.1. The highest BCUT2D eigenvalue weighted by atomic mass is 19.4. The van der Waals surface area contributed by atoms with Crippen LogP contribution in [0.2, 0.25) is 0 Å². The van der Waals surface area contributed by atoms with E-state index in [9.17, 15) is 40.7 Å². The zero-order valence-corrected chi connectivity index (χ0v) is 19.6. The maximum absolute atomic E-state index is 12.6. The molecule has 0 heterocycles. The van der Waals surface area contributed by atoms with Crippen molar-refractivity contribution in [3.63, 3.8) is 0 Å². The third kappa shape index (κ3) is 7.74. The van der Waals surface area contributed by atoms with Crippen LogP contribution < -0.4 is 0 Å². The summed E-state index contributed by atoms with van der Waals surface area (Å²) in [6, 6.07) is 0. The molecule has 1 saturated carbocycles. The van der Waals surface area contributed by atoms with Gasteiger partial charge in [-0.25, -0.2) is 4.79 Å². The van der Waals surface area contributed by atoms with Gasteiger partial charge < -0.3 is 19.3 Å². The molecule has 0 aromatic rings. The molecule has 13 heteroatoms. The monoisotopic (exact) mass is 508 g/mol. The SMILES string of the molecule is CC(C)(C)C(=O)OC1CCC(C(C)(C)OC(=O)COC(=O)CC(O)(C(F)(F)F)C(F)(F)F)CC1. The van der Waals surface area contributed by atoms with Crippen molar-refractivity contribution >= 4 is 17.9 Å². The van der Waals surface area contributed by atoms with E-state index in [1.54, 1.807) is 34.6 Å². The number of ether oxygens (including phenoxy) is 3. The first-order valence-corrected chi connectivity index (χ1v) is 10.5. The summed E-state index contributed by atoms with van der Waals surface area (Å²) in [5, 5.41) is 9.00. The van der Waals surface area contributed by atoms with E-state index in [1.807, 2.05) is 0 Å². The smallest absolute Gasteiger partial charge is 0.426 e. The van der Waals surface area contributed by atoms with Crippen LogP contribution in [0.5, 0.6) is 0 Å². The lowest BCUT2D eigenvalue weighted by Gasteiger charge is -2.38. The third-order valence-electron chi connectivity index (χ3n) is 5.61. The molecule has 198 valence electrons. The summed E-state index contributed by atoms with van der Waals surface area (Å²) in [5.41, 5.74) is -7.06. The molecule has 0 radical (unpaired) electrons. The van der Waals surface area contributed by atoms with Gasteiger partial charge in [-0.3, -0.25) is 9.59 Å². The van der Waals surface area contributed by atoms with Gasteiger partial charge in [0, 0.05) is 0 Å². The summed E-state index contributed by atoms with van der Waals surface area (Å²) in [7, 11) is 0. The fraction of sp³-hybridized carbons (Fsp3) is 0.857. The highest BCUT2D eigenvalue weighted by Gasteiger charge is 2.71. The highest BCUT2D eigenvalue weighted by molar-refractivity contribution is 5.77. The molecule has 1 aliphatic rings. The first kappa shape index (κ1) is 30.0. The molecule has 1 N–H and O–H groups in total. The van der Waals surface area contributed by atoms with Gasteiger partial charge in [0.2, 0.25) is 0 Å². The van der Waals surface area contributed by atoms with Crippen molar-refractivity contribution in [1.82, 2.24) is 0 Å². The van der Waals surface area contributed by atoms with Crippen LogP contribution in [0.1, 0.15) is 66.7 Å². The minimum atomic E-state index is -6.19. The topological polar surface area (TPSA) is 99.1 Å². The Kier molecular flexibility index (Phi) is 9.07. The molecule has 0 atom stereocenters. The van der Waals surface area contributed by atoms with E-state index in [2.05, 4.69) is 4.74 Å². The maximum atomic E-state index is 12.6. The van der Waals surface area contributed by atoms with E-state index in [0.717, 1.165) is 0 Å². The molecule has 0 aliphatic heterocycles. The molecule has 34 heavy (non-hydrogen) atoms. The van der Waals surface area contributed by atoms with E-state index in [1.165, 1.54) is 0 Å². The summed E-state index contributed by atoms with van der Waals surface area (Å²) in [4.78, 5) is 35.5. The van der Waals surface area contributed by atoms with Gasteiger partial charge in [0.05, 0.1) is 11.8 Å². The molecule has 0 unspecified atom stereocenters. The summed E-state index contributed by atoms with van der Waals surface area (Å²) in [5.74, 6) is -3.78. The fourth-order valence-corrected chi connectivity index (χ4v) is 3.37. The van der Waals surface area contributed by atoms with Crippen molar-refractivity contribution in [3.8, 4) is 0 Å². The Hall–Kier alpha value is -2.05. The second kappa shape index (κ2) is 10.3. The molecule has 1 rings (SSSR count). The third-order valence-corrected chi connectivity index (χ3v) is 5.61. The largest absolute Gasteiger partial charge is 0.462 e. The van der Waals surface area contributed by atoms with E-state index < -0.39 is 53.9 Å². The Balaban J connectivity index is 2.59. The molecule has 0 amide bonds. The standard InChI is InChI=1S/C21H30F6O7/c1-17(2,3)16(30)33-13-8-6-12(7-9-13)18(4,5)34-15(29)11-32-14(28)10-19(31,20(22,23)24)21(25,26)27/h12-13,31H,6-11H2,1-5H3. The Bertz CT molecular complexity index is 730. The highest BCUT2D eigenvalue weighted by Crippen LogP contribution is 2.45. The van der Waals surface area contributed by atoms with Crippen LogP contribution in [0, 0.1) is 11.3 Å². The number of hydrogen-bond donors (Lipinski definition) is 1. The lowest BCUT2D eigenvalue weighted by molar-refractivity contribution is -0.368. The van der Waals surface area contributed by atoms with Gasteiger partial charge >= 0.3 is 30.3 Å². The van der Waals surface area contributed by atoms with E-state index in [-0.39, 0.29) is 18.0 Å². The number of alkyl halides is 6. The second-order valence-corrected chi connectivity index (χ2v) is 9.90. The zero-order chi connectivity index (χ0) is 26.8. The number of carbonyl (C=O) groups excluding carboxylic acids is 3. The number of carbonyl (C=O) groups is 3. The van der Waals surface area contributed by atoms with Gasteiger partial charge in [-0.15, -0.1) is 0 Å². The van der Waals surface area contributed by atoms with Crippen molar-refractivity contribution in [2.45, 2.75) is 96.4 Å². The number of hydrogen-bond acceptors (Lipinski definition) is 7. The molecule has 7 nitrogen and oxygen atoms in total. The van der Waals surface area contributed by atoms with Gasteiger partial charge in [-0.1, -0.05) is 0 Å². The molecule has 1 fully saturated rings. The number of halogens is 6. The Morgan fingerprint density at radius 3 is 1.71 bits per heavy atom. The predicted molar refractivity (Wildman–Crippen MR) is 104 cm³/mol. The van der Waals surface area contributed by atoms with Crippen molar-refractivity contribution in [3.05, 3.63) is 0 Å². The number of esters is 3. The normalized spacial score (nSPS) is 20.5. The lowest BCUT2D eigenvalue weighted by Crippen LogP contribution is -2.58. The van der Waals surface area contributed by atoms with Gasteiger partial charge in [0.25, 0.3) is 5.60 Å². The van der Waals surface area contributed by atoms with Crippen LogP contribution >= 0.6 is 0 Å². The van der Waals surface area contributed by atoms with Crippen LogP contribution in [-0.2, 0) is 28.6 Å². The summed E-state index contributed by atoms with van der Waals surface area (Å²) in [6.07, 6.45) is -13.1. The van der Waals surface area contributed by atoms with Crippen LogP contribution in [0.3, 0.4) is 0 Å². The average Bonchev–Trinajstić information content (AvgIpc) is 2.64. The molecule has 0 bridgehead atoms. The average molecular weight is 508 g/mol. The maximum Gasteiger partial charge on any atom is 0.426 e. The molecule has 0 saturated heterocycles. The molecular formula is C21H30F6O7. The number of rotatable bonds is 7. The van der Waals surface area contributed by atoms with Crippen molar-refractivity contribution in [2.24, 2.45) is 11.3 Å². The molecule has 0 spiro atoms. The van der Waals surface area contributed by atoms with Gasteiger partial charge in [-0.05, 0) is 66.2 Å². The Morgan fingerprint density at radius 2 is 1.29 bits per heavy atom.